The van der Waals surface area contributed by atoms with Crippen LogP contribution in [-0.2, 0) is 32.5 Å². The van der Waals surface area contributed by atoms with Gasteiger partial charge in [0, 0.05) is 30.4 Å². The fraction of sp³-hybridized carbons (Fsp3) is 0.700. The molecule has 0 unspecified atom stereocenters. The van der Waals surface area contributed by atoms with Gasteiger partial charge in [-0.3, -0.25) is 4.79 Å². The first-order chi connectivity index (χ1) is 13.8. The van der Waals surface area contributed by atoms with Gasteiger partial charge >= 0.3 is 5.97 Å². The monoisotopic (exact) mass is 442 g/mol. The molecule has 3 rings (SSSR count). The molecule has 9 heteroatoms. The third kappa shape index (κ3) is 4.51. The fourth-order valence-electron chi connectivity index (χ4n) is 4.00. The van der Waals surface area contributed by atoms with Crippen LogP contribution in [0.2, 0.25) is 0 Å². The summed E-state index contributed by atoms with van der Waals surface area (Å²) in [5.41, 5.74) is 0.895. The molecule has 29 heavy (non-hydrogen) atoms. The molecule has 0 atom stereocenters. The highest BCUT2D eigenvalue weighted by atomic mass is 32.2. The minimum absolute atomic E-state index is 0.0387. The highest BCUT2D eigenvalue weighted by Crippen LogP contribution is 2.38. The Morgan fingerprint density at radius 1 is 1.03 bits per heavy atom. The number of hydrogen-bond acceptors (Lipinski definition) is 6. The van der Waals surface area contributed by atoms with E-state index in [2.05, 4.69) is 0 Å². The summed E-state index contributed by atoms with van der Waals surface area (Å²) in [5.74, 6) is -0.700. The van der Waals surface area contributed by atoms with Crippen molar-refractivity contribution in [2.24, 2.45) is 5.92 Å². The predicted octanol–water partition coefficient (Wildman–Crippen LogP) is 3.03. The van der Waals surface area contributed by atoms with Crippen LogP contribution in [-0.4, -0.2) is 56.2 Å². The topological polar surface area (TPSA) is 84.0 Å². The molecule has 2 aliphatic rings. The second kappa shape index (κ2) is 9.14. The molecule has 7 nitrogen and oxygen atoms in total. The lowest BCUT2D eigenvalue weighted by Gasteiger charge is -2.28. The molecule has 2 aliphatic heterocycles. The highest BCUT2D eigenvalue weighted by molar-refractivity contribution is 7.91. The maximum atomic E-state index is 13.5. The second-order valence-electron chi connectivity index (χ2n) is 7.99. The van der Waals surface area contributed by atoms with Gasteiger partial charge in [-0.25, -0.2) is 13.2 Å². The summed E-state index contributed by atoms with van der Waals surface area (Å²) in [5, 5.41) is 0. The standard InChI is InChI=1S/C20H30N2O5S2/c1-14(2)18(23)21-12-9-15-16(13-21)28-20(17(15)19(24)27-3)29(25,26)22-10-7-5-4-6-8-11-22/h14H,4-13H2,1-3H3. The summed E-state index contributed by atoms with van der Waals surface area (Å²) >= 11 is 1.13. The smallest absolute Gasteiger partial charge is 0.340 e. The summed E-state index contributed by atoms with van der Waals surface area (Å²) < 4.78 is 33.5. The molecule has 0 spiro atoms. The third-order valence-electron chi connectivity index (χ3n) is 5.61. The number of methoxy groups -OCH3 is 1. The molecule has 0 bridgehead atoms. The number of fused-ring (bicyclic) bond motifs is 1. The van der Waals surface area contributed by atoms with Crippen LogP contribution in [0, 0.1) is 5.92 Å². The molecule has 0 aromatic carbocycles. The van der Waals surface area contributed by atoms with Gasteiger partial charge in [-0.15, -0.1) is 11.3 Å². The quantitative estimate of drug-likeness (QED) is 0.669. The van der Waals surface area contributed by atoms with Gasteiger partial charge in [0.2, 0.25) is 5.91 Å². The lowest BCUT2D eigenvalue weighted by molar-refractivity contribution is -0.135. The molecule has 3 heterocycles. The van der Waals surface area contributed by atoms with E-state index < -0.39 is 16.0 Å². The summed E-state index contributed by atoms with van der Waals surface area (Å²) in [6, 6.07) is 0. The minimum atomic E-state index is -3.79. The largest absolute Gasteiger partial charge is 0.465 e. The Balaban J connectivity index is 2.00. The Kier molecular flexibility index (Phi) is 7.01. The Morgan fingerprint density at radius 3 is 2.24 bits per heavy atom. The van der Waals surface area contributed by atoms with Crippen LogP contribution in [0.15, 0.2) is 4.21 Å². The van der Waals surface area contributed by atoms with Crippen LogP contribution >= 0.6 is 11.3 Å². The first-order valence-electron chi connectivity index (χ1n) is 10.3. The van der Waals surface area contributed by atoms with Crippen molar-refractivity contribution < 1.29 is 22.7 Å². The lowest BCUT2D eigenvalue weighted by atomic mass is 10.0. The SMILES string of the molecule is COC(=O)c1c(S(=O)(=O)N2CCCCCCC2)sc2c1CCN(C(=O)C(C)C)C2. The molecule has 1 aromatic heterocycles. The lowest BCUT2D eigenvalue weighted by Crippen LogP contribution is -2.38. The number of ether oxygens (including phenoxy) is 1. The molecule has 1 saturated heterocycles. The van der Waals surface area contributed by atoms with Gasteiger partial charge in [0.25, 0.3) is 10.0 Å². The van der Waals surface area contributed by atoms with E-state index in [1.165, 1.54) is 11.4 Å². The molecule has 1 amide bonds. The summed E-state index contributed by atoms with van der Waals surface area (Å²) in [6.45, 7) is 5.48. The van der Waals surface area contributed by atoms with E-state index in [1.54, 1.807) is 4.90 Å². The van der Waals surface area contributed by atoms with E-state index in [1.807, 2.05) is 13.8 Å². The van der Waals surface area contributed by atoms with Crippen LogP contribution < -0.4 is 0 Å². The van der Waals surface area contributed by atoms with Crippen molar-refractivity contribution >= 4 is 33.2 Å². The number of nitrogens with zero attached hydrogens (tertiary/aromatic N) is 2. The van der Waals surface area contributed by atoms with Gasteiger partial charge in [0.05, 0.1) is 19.2 Å². The Bertz CT molecular complexity index is 868. The predicted molar refractivity (Wildman–Crippen MR) is 111 cm³/mol. The first-order valence-corrected chi connectivity index (χ1v) is 12.5. The summed E-state index contributed by atoms with van der Waals surface area (Å²) in [6.07, 6.45) is 5.29. The fourth-order valence-corrected chi connectivity index (χ4v) is 7.56. The Labute approximate surface area is 177 Å². The molecule has 0 aliphatic carbocycles. The average molecular weight is 443 g/mol. The average Bonchev–Trinajstić information content (AvgIpc) is 3.05. The molecule has 0 N–H and O–H groups in total. The van der Waals surface area contributed by atoms with Crippen LogP contribution in [0.1, 0.15) is 66.8 Å². The van der Waals surface area contributed by atoms with Gasteiger partial charge < -0.3 is 9.64 Å². The van der Waals surface area contributed by atoms with Crippen molar-refractivity contribution in [3.8, 4) is 0 Å². The van der Waals surface area contributed by atoms with Crippen molar-refractivity contribution in [2.75, 3.05) is 26.7 Å². The van der Waals surface area contributed by atoms with Crippen LogP contribution in [0.3, 0.4) is 0 Å². The first kappa shape index (κ1) is 22.2. The van der Waals surface area contributed by atoms with Crippen molar-refractivity contribution in [3.63, 3.8) is 0 Å². The number of esters is 1. The zero-order valence-corrected chi connectivity index (χ0v) is 19.0. The zero-order valence-electron chi connectivity index (χ0n) is 17.4. The van der Waals surface area contributed by atoms with Gasteiger partial charge in [-0.2, -0.15) is 4.31 Å². The number of thiophene rings is 1. The van der Waals surface area contributed by atoms with Crippen LogP contribution in [0.25, 0.3) is 0 Å². The van der Waals surface area contributed by atoms with Gasteiger partial charge in [-0.1, -0.05) is 33.1 Å². The molecule has 162 valence electrons. The van der Waals surface area contributed by atoms with E-state index in [-0.39, 0.29) is 21.6 Å². The number of amides is 1. The van der Waals surface area contributed by atoms with Crippen LogP contribution in [0.5, 0.6) is 0 Å². The number of rotatable bonds is 4. The van der Waals surface area contributed by atoms with E-state index >= 15 is 0 Å². The number of carbonyl (C=O) groups excluding carboxylic acids is 2. The summed E-state index contributed by atoms with van der Waals surface area (Å²) in [4.78, 5) is 27.5. The third-order valence-corrected chi connectivity index (χ3v) is 9.22. The van der Waals surface area contributed by atoms with Crippen molar-refractivity contribution in [2.45, 2.75) is 63.1 Å². The molecule has 1 fully saturated rings. The number of hydrogen-bond donors (Lipinski definition) is 0. The zero-order chi connectivity index (χ0) is 21.2. The molecular formula is C20H30N2O5S2. The normalized spacial score (nSPS) is 18.8. The van der Waals surface area contributed by atoms with E-state index in [4.69, 9.17) is 4.74 Å². The molecule has 1 aromatic rings. The maximum absolute atomic E-state index is 13.5. The molecular weight excluding hydrogens is 412 g/mol. The van der Waals surface area contributed by atoms with Crippen molar-refractivity contribution in [1.29, 1.82) is 0 Å². The molecule has 0 saturated carbocycles. The number of carbonyl (C=O) groups is 2. The Hall–Kier alpha value is -1.45. The van der Waals surface area contributed by atoms with E-state index in [9.17, 15) is 18.0 Å². The Morgan fingerprint density at radius 2 is 1.66 bits per heavy atom. The summed E-state index contributed by atoms with van der Waals surface area (Å²) in [7, 11) is -2.51. The van der Waals surface area contributed by atoms with Gasteiger partial charge in [-0.05, 0) is 24.8 Å². The maximum Gasteiger partial charge on any atom is 0.340 e. The second-order valence-corrected chi connectivity index (χ2v) is 11.2. The molecule has 0 radical (unpaired) electrons. The highest BCUT2D eigenvalue weighted by Gasteiger charge is 2.37. The van der Waals surface area contributed by atoms with Gasteiger partial charge in [0.1, 0.15) is 4.21 Å². The van der Waals surface area contributed by atoms with Crippen LogP contribution in [0.4, 0.5) is 0 Å². The van der Waals surface area contributed by atoms with Crippen molar-refractivity contribution in [3.05, 3.63) is 16.0 Å². The minimum Gasteiger partial charge on any atom is -0.465 e. The van der Waals surface area contributed by atoms with Crippen molar-refractivity contribution in [1.82, 2.24) is 9.21 Å². The van der Waals surface area contributed by atoms with E-state index in [0.717, 1.165) is 53.9 Å². The number of sulfonamides is 1. The van der Waals surface area contributed by atoms with Gasteiger partial charge in [0.15, 0.2) is 0 Å². The van der Waals surface area contributed by atoms with E-state index in [0.29, 0.717) is 32.6 Å².